The largest absolute Gasteiger partial charge is 0.461 e. The van der Waals surface area contributed by atoms with E-state index in [0.29, 0.717) is 17.5 Å². The van der Waals surface area contributed by atoms with Crippen LogP contribution in [0.5, 0.6) is 0 Å². The first-order valence-corrected chi connectivity index (χ1v) is 4.91. The second-order valence-corrected chi connectivity index (χ2v) is 3.20. The first kappa shape index (κ1) is 9.92. The molecule has 0 fully saturated rings. The third-order valence-electron chi connectivity index (χ3n) is 2.03. The molecule has 1 N–H and O–H groups in total. The highest BCUT2D eigenvalue weighted by Crippen LogP contribution is 2.15. The summed E-state index contributed by atoms with van der Waals surface area (Å²) in [6.07, 6.45) is 3.36. The Kier molecular flexibility index (Phi) is 3.14. The van der Waals surface area contributed by atoms with Crippen molar-refractivity contribution in [1.82, 2.24) is 15.5 Å². The maximum atomic E-state index is 5.16. The Morgan fingerprint density at radius 3 is 3.13 bits per heavy atom. The molecule has 0 unspecified atom stereocenters. The predicted octanol–water partition coefficient (Wildman–Crippen LogP) is 1.48. The molecule has 0 aromatic carbocycles. The zero-order chi connectivity index (χ0) is 10.5. The van der Waals surface area contributed by atoms with E-state index in [9.17, 15) is 0 Å². The summed E-state index contributed by atoms with van der Waals surface area (Å²) in [5, 5.41) is 6.90. The zero-order valence-corrected chi connectivity index (χ0v) is 8.56. The van der Waals surface area contributed by atoms with Crippen LogP contribution in [0.25, 0.3) is 11.6 Å². The summed E-state index contributed by atoms with van der Waals surface area (Å²) in [6, 6.07) is 3.61. The summed E-state index contributed by atoms with van der Waals surface area (Å²) < 4.78 is 10.2. The van der Waals surface area contributed by atoms with E-state index >= 15 is 0 Å². The van der Waals surface area contributed by atoms with Crippen LogP contribution >= 0.6 is 0 Å². The van der Waals surface area contributed by atoms with Crippen molar-refractivity contribution in [2.45, 2.75) is 12.8 Å². The lowest BCUT2D eigenvalue weighted by atomic mass is 10.3. The van der Waals surface area contributed by atoms with Crippen molar-refractivity contribution in [2.75, 3.05) is 13.6 Å². The molecule has 0 aliphatic carbocycles. The van der Waals surface area contributed by atoms with Crippen LogP contribution in [0, 0.1) is 0 Å². The number of aromatic nitrogens is 2. The molecule has 0 bridgehead atoms. The van der Waals surface area contributed by atoms with Crippen molar-refractivity contribution < 1.29 is 8.94 Å². The van der Waals surface area contributed by atoms with Crippen molar-refractivity contribution in [1.29, 1.82) is 0 Å². The van der Waals surface area contributed by atoms with Crippen molar-refractivity contribution in [2.24, 2.45) is 0 Å². The number of aryl methyl sites for hydroxylation is 1. The van der Waals surface area contributed by atoms with E-state index in [2.05, 4.69) is 15.5 Å². The normalized spacial score (nSPS) is 10.7. The van der Waals surface area contributed by atoms with E-state index in [-0.39, 0.29) is 0 Å². The molecule has 0 radical (unpaired) electrons. The summed E-state index contributed by atoms with van der Waals surface area (Å²) in [5.74, 6) is 1.80. The number of furan rings is 1. The summed E-state index contributed by atoms with van der Waals surface area (Å²) in [7, 11) is 1.92. The molecule has 2 aromatic rings. The van der Waals surface area contributed by atoms with Gasteiger partial charge in [0.2, 0.25) is 11.7 Å². The molecule has 5 heteroatoms. The van der Waals surface area contributed by atoms with Gasteiger partial charge in [-0.05, 0) is 32.1 Å². The molecule has 0 saturated carbocycles. The van der Waals surface area contributed by atoms with Gasteiger partial charge in [0.25, 0.3) is 0 Å². The second-order valence-electron chi connectivity index (χ2n) is 3.20. The van der Waals surface area contributed by atoms with Gasteiger partial charge in [0.05, 0.1) is 6.26 Å². The maximum Gasteiger partial charge on any atom is 0.238 e. The van der Waals surface area contributed by atoms with E-state index in [0.717, 1.165) is 19.4 Å². The second kappa shape index (κ2) is 4.75. The maximum absolute atomic E-state index is 5.16. The Balaban J connectivity index is 1.98. The van der Waals surface area contributed by atoms with Crippen LogP contribution in [-0.4, -0.2) is 23.7 Å². The van der Waals surface area contributed by atoms with E-state index in [1.807, 2.05) is 13.1 Å². The Hall–Kier alpha value is -1.62. The molecular formula is C10H13N3O2. The number of nitrogens with zero attached hydrogens (tertiary/aromatic N) is 2. The molecule has 15 heavy (non-hydrogen) atoms. The van der Waals surface area contributed by atoms with Gasteiger partial charge >= 0.3 is 0 Å². The molecule has 5 nitrogen and oxygen atoms in total. The monoisotopic (exact) mass is 207 g/mol. The minimum atomic E-state index is 0.513. The third-order valence-corrected chi connectivity index (χ3v) is 2.03. The van der Waals surface area contributed by atoms with Gasteiger partial charge in [0.1, 0.15) is 0 Å². The minimum absolute atomic E-state index is 0.513. The molecule has 80 valence electrons. The standard InChI is InChI=1S/C10H13N3O2/c1-11-6-2-5-9-12-10(13-15-9)8-4-3-7-14-8/h3-4,7,11H,2,5-6H2,1H3. The van der Waals surface area contributed by atoms with Gasteiger partial charge in [-0.15, -0.1) is 0 Å². The molecule has 0 aliphatic rings. The molecule has 2 rings (SSSR count). The van der Waals surface area contributed by atoms with Crippen LogP contribution in [-0.2, 0) is 6.42 Å². The van der Waals surface area contributed by atoms with Crippen LogP contribution in [0.15, 0.2) is 27.3 Å². The van der Waals surface area contributed by atoms with Crippen molar-refractivity contribution in [3.8, 4) is 11.6 Å². The highest BCUT2D eigenvalue weighted by Gasteiger charge is 2.09. The average Bonchev–Trinajstić information content (AvgIpc) is 2.87. The van der Waals surface area contributed by atoms with Gasteiger partial charge in [0, 0.05) is 6.42 Å². The van der Waals surface area contributed by atoms with Gasteiger partial charge in [0.15, 0.2) is 5.76 Å². The van der Waals surface area contributed by atoms with Crippen LogP contribution in [0.2, 0.25) is 0 Å². The van der Waals surface area contributed by atoms with Gasteiger partial charge in [-0.1, -0.05) is 5.16 Å². The fourth-order valence-electron chi connectivity index (χ4n) is 1.28. The quantitative estimate of drug-likeness (QED) is 0.752. The molecule has 0 aliphatic heterocycles. The Morgan fingerprint density at radius 2 is 2.40 bits per heavy atom. The van der Waals surface area contributed by atoms with Crippen LogP contribution < -0.4 is 5.32 Å². The Bertz CT molecular complexity index is 394. The summed E-state index contributed by atoms with van der Waals surface area (Å²) in [4.78, 5) is 4.23. The number of hydrogen-bond donors (Lipinski definition) is 1. The SMILES string of the molecule is CNCCCc1nc(-c2ccco2)no1. The fourth-order valence-corrected chi connectivity index (χ4v) is 1.28. The molecule has 0 spiro atoms. The average molecular weight is 207 g/mol. The van der Waals surface area contributed by atoms with Crippen molar-refractivity contribution in [3.63, 3.8) is 0 Å². The number of hydrogen-bond acceptors (Lipinski definition) is 5. The smallest absolute Gasteiger partial charge is 0.238 e. The lowest BCUT2D eigenvalue weighted by molar-refractivity contribution is 0.374. The van der Waals surface area contributed by atoms with Gasteiger partial charge in [-0.2, -0.15) is 4.98 Å². The molecule has 2 heterocycles. The van der Waals surface area contributed by atoms with Crippen molar-refractivity contribution in [3.05, 3.63) is 24.3 Å². The fraction of sp³-hybridized carbons (Fsp3) is 0.400. The van der Waals surface area contributed by atoms with E-state index in [4.69, 9.17) is 8.94 Å². The molecule has 0 saturated heterocycles. The van der Waals surface area contributed by atoms with Crippen LogP contribution in [0.4, 0.5) is 0 Å². The van der Waals surface area contributed by atoms with Crippen LogP contribution in [0.1, 0.15) is 12.3 Å². The molecule has 0 amide bonds. The first-order valence-electron chi connectivity index (χ1n) is 4.91. The highest BCUT2D eigenvalue weighted by molar-refractivity contribution is 5.44. The number of rotatable bonds is 5. The van der Waals surface area contributed by atoms with E-state index in [1.165, 1.54) is 0 Å². The van der Waals surface area contributed by atoms with Gasteiger partial charge in [-0.3, -0.25) is 0 Å². The predicted molar refractivity (Wildman–Crippen MR) is 54.2 cm³/mol. The molecule has 2 aromatic heterocycles. The van der Waals surface area contributed by atoms with Gasteiger partial charge in [-0.25, -0.2) is 0 Å². The summed E-state index contributed by atoms with van der Waals surface area (Å²) in [6.45, 7) is 0.943. The van der Waals surface area contributed by atoms with Crippen LogP contribution in [0.3, 0.4) is 0 Å². The Labute approximate surface area is 87.5 Å². The van der Waals surface area contributed by atoms with E-state index < -0.39 is 0 Å². The minimum Gasteiger partial charge on any atom is -0.461 e. The van der Waals surface area contributed by atoms with Gasteiger partial charge < -0.3 is 14.3 Å². The summed E-state index contributed by atoms with van der Waals surface area (Å²) in [5.41, 5.74) is 0. The molecular weight excluding hydrogens is 194 g/mol. The number of nitrogens with one attached hydrogen (secondary N) is 1. The lowest BCUT2D eigenvalue weighted by Crippen LogP contribution is -2.08. The summed E-state index contributed by atoms with van der Waals surface area (Å²) >= 11 is 0. The van der Waals surface area contributed by atoms with Crippen molar-refractivity contribution >= 4 is 0 Å². The lowest BCUT2D eigenvalue weighted by Gasteiger charge is -1.93. The topological polar surface area (TPSA) is 64.1 Å². The zero-order valence-electron chi connectivity index (χ0n) is 8.56. The molecule has 0 atom stereocenters. The van der Waals surface area contributed by atoms with E-state index in [1.54, 1.807) is 12.3 Å². The third kappa shape index (κ3) is 2.44. The first-order chi connectivity index (χ1) is 7.40. The Morgan fingerprint density at radius 1 is 1.47 bits per heavy atom. The highest BCUT2D eigenvalue weighted by atomic mass is 16.5.